The number of piperidine rings is 1. The lowest BCUT2D eigenvalue weighted by Gasteiger charge is -2.28. The van der Waals surface area contributed by atoms with Crippen LogP contribution in [0.2, 0.25) is 0 Å². The molecule has 0 atom stereocenters. The van der Waals surface area contributed by atoms with Gasteiger partial charge in [0.15, 0.2) is 0 Å². The van der Waals surface area contributed by atoms with Gasteiger partial charge in [-0.1, -0.05) is 19.3 Å². The molecule has 134 valence electrons. The fraction of sp³-hybridized carbons (Fsp3) is 0.632. The minimum absolute atomic E-state index is 0.0283. The highest BCUT2D eigenvalue weighted by Gasteiger charge is 2.18. The second kappa shape index (κ2) is 7.42. The van der Waals surface area contributed by atoms with E-state index in [1.165, 1.54) is 51.4 Å². The first-order chi connectivity index (χ1) is 12.3. The van der Waals surface area contributed by atoms with E-state index in [2.05, 4.69) is 19.5 Å². The minimum atomic E-state index is -0.0283. The van der Waals surface area contributed by atoms with E-state index in [9.17, 15) is 4.79 Å². The van der Waals surface area contributed by atoms with E-state index in [-0.39, 0.29) is 5.56 Å². The molecule has 2 aliphatic rings. The summed E-state index contributed by atoms with van der Waals surface area (Å²) < 4.78 is 3.82. The summed E-state index contributed by atoms with van der Waals surface area (Å²) in [5.41, 5.74) is 2.01. The zero-order valence-corrected chi connectivity index (χ0v) is 14.8. The van der Waals surface area contributed by atoms with E-state index < -0.39 is 0 Å². The lowest BCUT2D eigenvalue weighted by Crippen LogP contribution is -2.32. The summed E-state index contributed by atoms with van der Waals surface area (Å²) in [6.45, 7) is 2.55. The van der Waals surface area contributed by atoms with Crippen molar-refractivity contribution in [1.82, 2.24) is 19.3 Å². The van der Waals surface area contributed by atoms with Crippen LogP contribution in [0.5, 0.6) is 0 Å². The molecule has 4 rings (SSSR count). The van der Waals surface area contributed by atoms with Crippen LogP contribution < -0.4 is 10.5 Å². The molecule has 2 fully saturated rings. The van der Waals surface area contributed by atoms with Crippen LogP contribution in [-0.2, 0) is 6.54 Å². The first-order valence-electron chi connectivity index (χ1n) is 9.64. The minimum Gasteiger partial charge on any atom is -0.370 e. The topological polar surface area (TPSA) is 56.0 Å². The van der Waals surface area contributed by atoms with Crippen molar-refractivity contribution < 1.29 is 0 Å². The molecule has 0 amide bonds. The zero-order valence-electron chi connectivity index (χ0n) is 14.8. The Hall–Kier alpha value is -2.11. The van der Waals surface area contributed by atoms with Crippen molar-refractivity contribution in [2.24, 2.45) is 0 Å². The molecule has 25 heavy (non-hydrogen) atoms. The van der Waals surface area contributed by atoms with Crippen molar-refractivity contribution in [2.45, 2.75) is 64.0 Å². The number of anilines is 1. The van der Waals surface area contributed by atoms with Crippen LogP contribution in [0.3, 0.4) is 0 Å². The number of nitrogens with zero attached hydrogens (tertiary/aromatic N) is 5. The molecular formula is C19H27N5O. The Morgan fingerprint density at radius 3 is 2.52 bits per heavy atom. The Kier molecular flexibility index (Phi) is 4.85. The molecular weight excluding hydrogens is 314 g/mol. The summed E-state index contributed by atoms with van der Waals surface area (Å²) in [5.74, 6) is 0. The molecule has 1 saturated carbocycles. The second-order valence-corrected chi connectivity index (χ2v) is 7.34. The molecule has 0 radical (unpaired) electrons. The van der Waals surface area contributed by atoms with Crippen LogP contribution in [0.1, 0.15) is 63.1 Å². The Morgan fingerprint density at radius 1 is 1.00 bits per heavy atom. The molecule has 0 aromatic carbocycles. The largest absolute Gasteiger partial charge is 0.370 e. The third kappa shape index (κ3) is 3.62. The molecule has 3 heterocycles. The summed E-state index contributed by atoms with van der Waals surface area (Å²) in [7, 11) is 0. The standard InChI is InChI=1S/C19H27N5O/c25-19-11-17(22-9-5-2-6-10-22)13-21-24(19)14-18-12-20-15-23(18)16-7-3-1-4-8-16/h11-13,15-16H,1-10,14H2. The third-order valence-corrected chi connectivity index (χ3v) is 5.60. The van der Waals surface area contributed by atoms with Gasteiger partial charge >= 0.3 is 0 Å². The van der Waals surface area contributed by atoms with Gasteiger partial charge in [0.25, 0.3) is 5.56 Å². The molecule has 0 spiro atoms. The average Bonchev–Trinajstić information content (AvgIpc) is 3.13. The molecule has 1 saturated heterocycles. The molecule has 0 unspecified atom stereocenters. The molecule has 0 bridgehead atoms. The number of hydrogen-bond donors (Lipinski definition) is 0. The summed E-state index contributed by atoms with van der Waals surface area (Å²) in [6.07, 6.45) is 15.6. The fourth-order valence-electron chi connectivity index (χ4n) is 4.16. The monoisotopic (exact) mass is 341 g/mol. The summed E-state index contributed by atoms with van der Waals surface area (Å²) in [5, 5.41) is 4.44. The van der Waals surface area contributed by atoms with E-state index >= 15 is 0 Å². The van der Waals surface area contributed by atoms with Gasteiger partial charge in [0.1, 0.15) is 0 Å². The van der Waals surface area contributed by atoms with Crippen LogP contribution in [-0.4, -0.2) is 32.4 Å². The average molecular weight is 341 g/mol. The van der Waals surface area contributed by atoms with E-state index in [0.29, 0.717) is 12.6 Å². The van der Waals surface area contributed by atoms with E-state index in [0.717, 1.165) is 24.5 Å². The van der Waals surface area contributed by atoms with Gasteiger partial charge in [-0.15, -0.1) is 0 Å². The van der Waals surface area contributed by atoms with E-state index in [4.69, 9.17) is 0 Å². The maximum atomic E-state index is 12.5. The van der Waals surface area contributed by atoms with Crippen molar-refractivity contribution in [2.75, 3.05) is 18.0 Å². The van der Waals surface area contributed by atoms with Crippen molar-refractivity contribution >= 4 is 5.69 Å². The predicted octanol–water partition coefficient (Wildman–Crippen LogP) is 2.98. The Morgan fingerprint density at radius 2 is 1.76 bits per heavy atom. The summed E-state index contributed by atoms with van der Waals surface area (Å²) >= 11 is 0. The van der Waals surface area contributed by atoms with Crippen LogP contribution in [0, 0.1) is 0 Å². The quantitative estimate of drug-likeness (QED) is 0.858. The first-order valence-corrected chi connectivity index (χ1v) is 9.64. The van der Waals surface area contributed by atoms with Gasteiger partial charge in [0, 0.05) is 25.2 Å². The highest BCUT2D eigenvalue weighted by molar-refractivity contribution is 5.43. The highest BCUT2D eigenvalue weighted by atomic mass is 16.1. The lowest BCUT2D eigenvalue weighted by molar-refractivity contribution is 0.343. The van der Waals surface area contributed by atoms with E-state index in [1.807, 2.05) is 18.7 Å². The molecule has 0 N–H and O–H groups in total. The van der Waals surface area contributed by atoms with Gasteiger partial charge in [-0.3, -0.25) is 4.79 Å². The number of aromatic nitrogens is 4. The Bertz CT molecular complexity index is 753. The molecule has 6 nitrogen and oxygen atoms in total. The van der Waals surface area contributed by atoms with Gasteiger partial charge < -0.3 is 9.47 Å². The maximum absolute atomic E-state index is 12.5. The molecule has 1 aliphatic heterocycles. The SMILES string of the molecule is O=c1cc(N2CCCCC2)cnn1Cc1cncn1C1CCCCC1. The molecule has 1 aliphatic carbocycles. The summed E-state index contributed by atoms with van der Waals surface area (Å²) in [4.78, 5) is 19.1. The summed E-state index contributed by atoms with van der Waals surface area (Å²) in [6, 6.07) is 2.26. The first kappa shape index (κ1) is 16.4. The van der Waals surface area contributed by atoms with Crippen molar-refractivity contribution in [1.29, 1.82) is 0 Å². The lowest BCUT2D eigenvalue weighted by atomic mass is 9.95. The molecule has 6 heteroatoms. The second-order valence-electron chi connectivity index (χ2n) is 7.34. The van der Waals surface area contributed by atoms with Crippen LogP contribution in [0.4, 0.5) is 5.69 Å². The van der Waals surface area contributed by atoms with Crippen molar-refractivity contribution in [3.63, 3.8) is 0 Å². The van der Waals surface area contributed by atoms with Gasteiger partial charge in [-0.2, -0.15) is 5.10 Å². The maximum Gasteiger partial charge on any atom is 0.269 e. The molecule has 2 aromatic heterocycles. The third-order valence-electron chi connectivity index (χ3n) is 5.60. The molecule has 2 aromatic rings. The van der Waals surface area contributed by atoms with Crippen LogP contribution in [0.15, 0.2) is 29.6 Å². The number of rotatable bonds is 4. The van der Waals surface area contributed by atoms with Gasteiger partial charge in [-0.05, 0) is 32.1 Å². The van der Waals surface area contributed by atoms with Gasteiger partial charge in [0.05, 0.1) is 36.6 Å². The number of imidazole rings is 1. The zero-order chi connectivity index (χ0) is 17.1. The smallest absolute Gasteiger partial charge is 0.269 e. The van der Waals surface area contributed by atoms with E-state index in [1.54, 1.807) is 10.7 Å². The van der Waals surface area contributed by atoms with Crippen molar-refractivity contribution in [3.8, 4) is 0 Å². The normalized spacial score (nSPS) is 19.3. The number of hydrogen-bond acceptors (Lipinski definition) is 4. The van der Waals surface area contributed by atoms with Crippen LogP contribution in [0.25, 0.3) is 0 Å². The highest BCUT2D eigenvalue weighted by Crippen LogP contribution is 2.29. The van der Waals surface area contributed by atoms with Gasteiger partial charge in [-0.25, -0.2) is 9.67 Å². The van der Waals surface area contributed by atoms with Gasteiger partial charge in [0.2, 0.25) is 0 Å². The Labute approximate surface area is 148 Å². The van der Waals surface area contributed by atoms with Crippen molar-refractivity contribution in [3.05, 3.63) is 40.8 Å². The predicted molar refractivity (Wildman–Crippen MR) is 98.0 cm³/mol. The fourth-order valence-corrected chi connectivity index (χ4v) is 4.16. The Balaban J connectivity index is 1.51. The van der Waals surface area contributed by atoms with Crippen LogP contribution >= 0.6 is 0 Å².